The molecule has 76 valence electrons. The fourth-order valence-electron chi connectivity index (χ4n) is 1.18. The molecule has 1 aromatic carbocycles. The molecule has 0 unspecified atom stereocenters. The molecule has 0 aromatic heterocycles. The highest BCUT2D eigenvalue weighted by Gasteiger charge is 2.12. The van der Waals surface area contributed by atoms with Crippen LogP contribution in [0.25, 0.3) is 0 Å². The number of nitrogens with one attached hydrogen (secondary N) is 1. The molecular weight excluding hydrogens is 202 g/mol. The van der Waals surface area contributed by atoms with Gasteiger partial charge in [-0.25, -0.2) is 0 Å². The summed E-state index contributed by atoms with van der Waals surface area (Å²) >= 11 is 5.91. The number of benzene rings is 1. The predicted molar refractivity (Wildman–Crippen MR) is 58.5 cm³/mol. The van der Waals surface area contributed by atoms with Crippen molar-refractivity contribution in [1.29, 1.82) is 0 Å². The van der Waals surface area contributed by atoms with Crippen molar-refractivity contribution in [2.24, 2.45) is 5.73 Å². The topological polar surface area (TPSA) is 81.1 Å². The van der Waals surface area contributed by atoms with E-state index in [0.29, 0.717) is 28.5 Å². The van der Waals surface area contributed by atoms with Gasteiger partial charge in [-0.1, -0.05) is 11.6 Å². The maximum absolute atomic E-state index is 11.1. The van der Waals surface area contributed by atoms with Crippen LogP contribution in [-0.4, -0.2) is 12.5 Å². The van der Waals surface area contributed by atoms with Crippen molar-refractivity contribution < 1.29 is 4.79 Å². The molecule has 0 heterocycles. The second kappa shape index (κ2) is 4.19. The zero-order valence-corrected chi connectivity index (χ0v) is 8.56. The molecule has 0 aliphatic rings. The minimum absolute atomic E-state index is 0.317. The summed E-state index contributed by atoms with van der Waals surface area (Å²) in [6, 6.07) is 3.08. The van der Waals surface area contributed by atoms with E-state index in [9.17, 15) is 4.79 Å². The molecule has 5 heteroatoms. The fourth-order valence-corrected chi connectivity index (χ4v) is 1.47. The number of amides is 1. The monoisotopic (exact) mass is 213 g/mol. The minimum atomic E-state index is -0.546. The highest BCUT2D eigenvalue weighted by molar-refractivity contribution is 6.34. The molecule has 14 heavy (non-hydrogen) atoms. The molecule has 0 atom stereocenters. The van der Waals surface area contributed by atoms with Crippen molar-refractivity contribution >= 4 is 28.9 Å². The molecule has 0 spiro atoms. The Balaban J connectivity index is 3.28. The van der Waals surface area contributed by atoms with Gasteiger partial charge in [-0.2, -0.15) is 0 Å². The summed E-state index contributed by atoms with van der Waals surface area (Å²) in [6.45, 7) is 2.56. The van der Waals surface area contributed by atoms with Gasteiger partial charge < -0.3 is 16.8 Å². The van der Waals surface area contributed by atoms with Gasteiger partial charge in [0.1, 0.15) is 0 Å². The SMILES string of the molecule is CCNc1c(Cl)cc(N)cc1C(N)=O. The molecule has 4 nitrogen and oxygen atoms in total. The lowest BCUT2D eigenvalue weighted by Gasteiger charge is -2.11. The predicted octanol–water partition coefficient (Wildman–Crippen LogP) is 1.45. The van der Waals surface area contributed by atoms with Gasteiger partial charge >= 0.3 is 0 Å². The van der Waals surface area contributed by atoms with Gasteiger partial charge in [-0.05, 0) is 19.1 Å². The number of nitrogen functional groups attached to an aromatic ring is 1. The number of carbonyl (C=O) groups is 1. The minimum Gasteiger partial charge on any atom is -0.399 e. The first-order valence-corrected chi connectivity index (χ1v) is 4.56. The summed E-state index contributed by atoms with van der Waals surface area (Å²) < 4.78 is 0. The molecule has 0 aliphatic heterocycles. The second-order valence-electron chi connectivity index (χ2n) is 2.82. The molecular formula is C9H12ClN3O. The van der Waals surface area contributed by atoms with Gasteiger partial charge in [0.05, 0.1) is 16.3 Å². The first-order valence-electron chi connectivity index (χ1n) is 4.19. The fraction of sp³-hybridized carbons (Fsp3) is 0.222. The lowest BCUT2D eigenvalue weighted by molar-refractivity contribution is 0.100. The van der Waals surface area contributed by atoms with Crippen molar-refractivity contribution in [1.82, 2.24) is 0 Å². The van der Waals surface area contributed by atoms with E-state index in [1.807, 2.05) is 6.92 Å². The van der Waals surface area contributed by atoms with Crippen molar-refractivity contribution in [3.63, 3.8) is 0 Å². The zero-order valence-electron chi connectivity index (χ0n) is 7.80. The lowest BCUT2D eigenvalue weighted by Crippen LogP contribution is -2.15. The maximum atomic E-state index is 11.1. The smallest absolute Gasteiger partial charge is 0.250 e. The van der Waals surface area contributed by atoms with Crippen LogP contribution in [0.1, 0.15) is 17.3 Å². The number of primary amides is 1. The molecule has 1 amide bonds. The van der Waals surface area contributed by atoms with Crippen LogP contribution in [0.5, 0.6) is 0 Å². The van der Waals surface area contributed by atoms with Gasteiger partial charge in [0, 0.05) is 12.2 Å². The Morgan fingerprint density at radius 3 is 2.71 bits per heavy atom. The molecule has 1 rings (SSSR count). The number of hydrogen-bond acceptors (Lipinski definition) is 3. The molecule has 0 saturated carbocycles. The van der Waals surface area contributed by atoms with E-state index >= 15 is 0 Å². The van der Waals surface area contributed by atoms with Crippen molar-refractivity contribution in [3.8, 4) is 0 Å². The summed E-state index contributed by atoms with van der Waals surface area (Å²) in [5.41, 5.74) is 12.0. The third-order valence-corrected chi connectivity index (χ3v) is 2.03. The molecule has 0 saturated heterocycles. The number of rotatable bonds is 3. The quantitative estimate of drug-likeness (QED) is 0.665. The number of halogens is 1. The number of nitrogens with two attached hydrogens (primary N) is 2. The third-order valence-electron chi connectivity index (χ3n) is 1.73. The molecule has 0 radical (unpaired) electrons. The van der Waals surface area contributed by atoms with Gasteiger partial charge in [0.25, 0.3) is 5.91 Å². The first kappa shape index (κ1) is 10.7. The maximum Gasteiger partial charge on any atom is 0.250 e. The average Bonchev–Trinajstić information content (AvgIpc) is 2.09. The van der Waals surface area contributed by atoms with Gasteiger partial charge in [-0.3, -0.25) is 4.79 Å². The van der Waals surface area contributed by atoms with Crippen LogP contribution >= 0.6 is 11.6 Å². The number of carbonyl (C=O) groups excluding carboxylic acids is 1. The van der Waals surface area contributed by atoms with Crippen molar-refractivity contribution in [2.75, 3.05) is 17.6 Å². The Morgan fingerprint density at radius 1 is 1.57 bits per heavy atom. The Kier molecular flexibility index (Phi) is 3.19. The van der Waals surface area contributed by atoms with E-state index in [4.69, 9.17) is 23.1 Å². The normalized spacial score (nSPS) is 9.86. The lowest BCUT2D eigenvalue weighted by atomic mass is 10.1. The first-order chi connectivity index (χ1) is 6.56. The highest BCUT2D eigenvalue weighted by atomic mass is 35.5. The zero-order chi connectivity index (χ0) is 10.7. The summed E-state index contributed by atoms with van der Waals surface area (Å²) in [6.07, 6.45) is 0. The van der Waals surface area contributed by atoms with Gasteiger partial charge in [0.15, 0.2) is 0 Å². The molecule has 0 bridgehead atoms. The van der Waals surface area contributed by atoms with E-state index in [2.05, 4.69) is 5.32 Å². The van der Waals surface area contributed by atoms with Crippen LogP contribution in [0, 0.1) is 0 Å². The summed E-state index contributed by atoms with van der Waals surface area (Å²) in [4.78, 5) is 11.1. The van der Waals surface area contributed by atoms with Gasteiger partial charge in [0.2, 0.25) is 0 Å². The Bertz CT molecular complexity index is 365. The largest absolute Gasteiger partial charge is 0.399 e. The van der Waals surface area contributed by atoms with E-state index in [-0.39, 0.29) is 0 Å². The van der Waals surface area contributed by atoms with E-state index in [0.717, 1.165) is 0 Å². The standard InChI is InChI=1S/C9H12ClN3O/c1-2-13-8-6(9(12)14)3-5(11)4-7(8)10/h3-4,13H,2,11H2,1H3,(H2,12,14). The summed E-state index contributed by atoms with van der Waals surface area (Å²) in [7, 11) is 0. The van der Waals surface area contributed by atoms with Crippen LogP contribution in [0.2, 0.25) is 5.02 Å². The molecule has 1 aromatic rings. The van der Waals surface area contributed by atoms with Crippen LogP contribution < -0.4 is 16.8 Å². The Labute approximate surface area is 87.2 Å². The van der Waals surface area contributed by atoms with Crippen molar-refractivity contribution in [2.45, 2.75) is 6.92 Å². The second-order valence-corrected chi connectivity index (χ2v) is 3.23. The molecule has 0 fully saturated rings. The third kappa shape index (κ3) is 2.09. The van der Waals surface area contributed by atoms with E-state index in [1.54, 1.807) is 6.07 Å². The molecule has 0 aliphatic carbocycles. The van der Waals surface area contributed by atoms with Crippen LogP contribution in [-0.2, 0) is 0 Å². The molecule has 5 N–H and O–H groups in total. The summed E-state index contributed by atoms with van der Waals surface area (Å²) in [5, 5.41) is 3.37. The number of anilines is 2. The van der Waals surface area contributed by atoms with Gasteiger partial charge in [-0.15, -0.1) is 0 Å². The van der Waals surface area contributed by atoms with E-state index < -0.39 is 5.91 Å². The van der Waals surface area contributed by atoms with Crippen LogP contribution in [0.3, 0.4) is 0 Å². The Hall–Kier alpha value is -1.42. The Morgan fingerprint density at radius 2 is 2.21 bits per heavy atom. The van der Waals surface area contributed by atoms with Crippen LogP contribution in [0.15, 0.2) is 12.1 Å². The number of hydrogen-bond donors (Lipinski definition) is 3. The van der Waals surface area contributed by atoms with E-state index in [1.165, 1.54) is 6.07 Å². The highest BCUT2D eigenvalue weighted by Crippen LogP contribution is 2.28. The van der Waals surface area contributed by atoms with Crippen LogP contribution in [0.4, 0.5) is 11.4 Å². The summed E-state index contributed by atoms with van der Waals surface area (Å²) in [5.74, 6) is -0.546. The average molecular weight is 214 g/mol. The van der Waals surface area contributed by atoms with Crippen molar-refractivity contribution in [3.05, 3.63) is 22.7 Å².